The van der Waals surface area contributed by atoms with Gasteiger partial charge in [0.15, 0.2) is 17.3 Å². The Bertz CT molecular complexity index is 1430. The highest BCUT2D eigenvalue weighted by atomic mass is 35.5. The number of aromatic nitrogens is 1. The number of hydrogen-bond acceptors (Lipinski definition) is 7. The Kier molecular flexibility index (Phi) is 6.87. The number of amides is 2. The molecule has 4 N–H and O–H groups in total. The van der Waals surface area contributed by atoms with E-state index >= 15 is 0 Å². The molecule has 1 aromatic heterocycles. The molecule has 38 heavy (non-hydrogen) atoms. The first kappa shape index (κ1) is 25.4. The smallest absolute Gasteiger partial charge is 0.268 e. The maximum atomic E-state index is 14.8. The van der Waals surface area contributed by atoms with Gasteiger partial charge in [-0.2, -0.15) is 0 Å². The molecular formula is C26H22ClF2N5O4. The highest BCUT2D eigenvalue weighted by molar-refractivity contribution is 6.34. The van der Waals surface area contributed by atoms with Gasteiger partial charge in [0.1, 0.15) is 22.2 Å². The SMILES string of the molecule is Nc1nccc(Oc2ccc(NC(=O)C3=CN(CC4CC4)C(O)N(c4ccc(F)cc4)C3=O)cc2F)c1Cl. The number of nitrogen functional groups attached to an aromatic ring is 1. The van der Waals surface area contributed by atoms with Gasteiger partial charge < -0.3 is 25.8 Å². The van der Waals surface area contributed by atoms with Crippen molar-refractivity contribution < 1.29 is 28.2 Å². The molecule has 2 heterocycles. The number of hydrogen-bond donors (Lipinski definition) is 3. The van der Waals surface area contributed by atoms with E-state index in [1.165, 1.54) is 47.6 Å². The molecule has 9 nitrogen and oxygen atoms in total. The van der Waals surface area contributed by atoms with Gasteiger partial charge in [-0.1, -0.05) is 11.6 Å². The Hall–Kier alpha value is -4.22. The Labute approximate surface area is 221 Å². The number of carbonyl (C=O) groups is 2. The first-order chi connectivity index (χ1) is 18.2. The van der Waals surface area contributed by atoms with E-state index in [1.54, 1.807) is 0 Å². The number of carbonyl (C=O) groups excluding carboxylic acids is 2. The highest BCUT2D eigenvalue weighted by Crippen LogP contribution is 2.35. The number of halogens is 3. The summed E-state index contributed by atoms with van der Waals surface area (Å²) < 4.78 is 33.7. The van der Waals surface area contributed by atoms with Gasteiger partial charge in [-0.15, -0.1) is 0 Å². The van der Waals surface area contributed by atoms with Crippen LogP contribution in [-0.4, -0.2) is 39.7 Å². The third-order valence-electron chi connectivity index (χ3n) is 6.08. The molecule has 0 saturated heterocycles. The summed E-state index contributed by atoms with van der Waals surface area (Å²) >= 11 is 6.04. The summed E-state index contributed by atoms with van der Waals surface area (Å²) in [7, 11) is 0. The Morgan fingerprint density at radius 3 is 2.58 bits per heavy atom. The summed E-state index contributed by atoms with van der Waals surface area (Å²) in [5.41, 5.74) is 5.63. The van der Waals surface area contributed by atoms with Crippen LogP contribution in [0, 0.1) is 17.6 Å². The van der Waals surface area contributed by atoms with Gasteiger partial charge >= 0.3 is 0 Å². The van der Waals surface area contributed by atoms with Crippen LogP contribution in [0.5, 0.6) is 11.5 Å². The van der Waals surface area contributed by atoms with Crippen LogP contribution in [0.25, 0.3) is 0 Å². The minimum Gasteiger partial charge on any atom is -0.453 e. The van der Waals surface area contributed by atoms with Crippen LogP contribution >= 0.6 is 11.6 Å². The van der Waals surface area contributed by atoms with Crippen molar-refractivity contribution >= 4 is 40.6 Å². The number of aliphatic hydroxyl groups is 1. The van der Waals surface area contributed by atoms with Crippen LogP contribution in [0.2, 0.25) is 5.02 Å². The zero-order chi connectivity index (χ0) is 27.0. The third-order valence-corrected chi connectivity index (χ3v) is 6.46. The maximum Gasteiger partial charge on any atom is 0.268 e. The van der Waals surface area contributed by atoms with Gasteiger partial charge in [0, 0.05) is 42.4 Å². The third kappa shape index (κ3) is 5.24. The first-order valence-electron chi connectivity index (χ1n) is 11.6. The lowest BCUT2D eigenvalue weighted by Crippen LogP contribution is -2.55. The van der Waals surface area contributed by atoms with Crippen LogP contribution in [0.15, 0.2) is 66.5 Å². The molecule has 0 bridgehead atoms. The first-order valence-corrected chi connectivity index (χ1v) is 12.0. The average molecular weight is 542 g/mol. The Morgan fingerprint density at radius 2 is 1.89 bits per heavy atom. The second-order valence-electron chi connectivity index (χ2n) is 8.89. The number of aliphatic hydroxyl groups excluding tert-OH is 1. The van der Waals surface area contributed by atoms with E-state index in [0.717, 1.165) is 35.9 Å². The molecular weight excluding hydrogens is 520 g/mol. The summed E-state index contributed by atoms with van der Waals surface area (Å²) in [4.78, 5) is 32.7. The summed E-state index contributed by atoms with van der Waals surface area (Å²) in [6.45, 7) is 0.422. The molecule has 1 aliphatic carbocycles. The van der Waals surface area contributed by atoms with E-state index < -0.39 is 29.8 Å². The summed E-state index contributed by atoms with van der Waals surface area (Å²) in [5.74, 6) is -2.66. The Morgan fingerprint density at radius 1 is 1.16 bits per heavy atom. The molecule has 196 valence electrons. The number of ether oxygens (including phenoxy) is 1. The molecule has 3 aromatic rings. The van der Waals surface area contributed by atoms with Crippen LogP contribution in [0.3, 0.4) is 0 Å². The van der Waals surface area contributed by atoms with Crippen molar-refractivity contribution in [3.8, 4) is 11.5 Å². The van der Waals surface area contributed by atoms with Crippen molar-refractivity contribution in [2.75, 3.05) is 22.5 Å². The van der Waals surface area contributed by atoms with E-state index in [4.69, 9.17) is 22.1 Å². The predicted molar refractivity (Wildman–Crippen MR) is 136 cm³/mol. The van der Waals surface area contributed by atoms with Crippen molar-refractivity contribution in [1.82, 2.24) is 9.88 Å². The van der Waals surface area contributed by atoms with Crippen LogP contribution < -0.4 is 20.7 Å². The van der Waals surface area contributed by atoms with Crippen LogP contribution in [-0.2, 0) is 9.59 Å². The summed E-state index contributed by atoms with van der Waals surface area (Å²) in [6, 6.07) is 10.1. The average Bonchev–Trinajstić information content (AvgIpc) is 3.70. The molecule has 1 aliphatic heterocycles. The fraction of sp³-hybridized carbons (Fsp3) is 0.192. The standard InChI is InChI=1S/C26H22ClF2N5O4/c27-22-21(9-10-31-23(22)30)38-20-8-5-16(11-19(20)29)32-24(35)18-13-33(12-14-1-2-14)26(37)34(25(18)36)17-6-3-15(28)4-7-17/h3-11,13-14,26,37H,1-2,12H2,(H2,30,31)(H,32,35). The van der Waals surface area contributed by atoms with Crippen molar-refractivity contribution in [3.05, 3.63) is 83.2 Å². The van der Waals surface area contributed by atoms with Gasteiger partial charge in [0.2, 0.25) is 6.35 Å². The molecule has 1 fully saturated rings. The predicted octanol–water partition coefficient (Wildman–Crippen LogP) is 4.24. The van der Waals surface area contributed by atoms with Gasteiger partial charge in [-0.3, -0.25) is 14.5 Å². The quantitative estimate of drug-likeness (QED) is 0.382. The molecule has 1 unspecified atom stereocenters. The molecule has 12 heteroatoms. The van der Waals surface area contributed by atoms with Gasteiger partial charge in [-0.05, 0) is 55.2 Å². The normalized spacial score (nSPS) is 17.3. The zero-order valence-corrected chi connectivity index (χ0v) is 20.5. The van der Waals surface area contributed by atoms with Crippen molar-refractivity contribution in [2.24, 2.45) is 5.92 Å². The lowest BCUT2D eigenvalue weighted by atomic mass is 10.1. The van der Waals surface area contributed by atoms with Crippen molar-refractivity contribution in [1.29, 1.82) is 0 Å². The number of nitrogens with two attached hydrogens (primary N) is 1. The summed E-state index contributed by atoms with van der Waals surface area (Å²) in [6.07, 6.45) is 3.21. The minimum absolute atomic E-state index is 0.0226. The van der Waals surface area contributed by atoms with Crippen molar-refractivity contribution in [2.45, 2.75) is 19.2 Å². The number of anilines is 3. The molecule has 1 atom stereocenters. The van der Waals surface area contributed by atoms with E-state index in [9.17, 15) is 23.5 Å². The highest BCUT2D eigenvalue weighted by Gasteiger charge is 2.39. The lowest BCUT2D eigenvalue weighted by Gasteiger charge is -2.39. The maximum absolute atomic E-state index is 14.8. The number of rotatable bonds is 7. The van der Waals surface area contributed by atoms with E-state index in [0.29, 0.717) is 12.5 Å². The monoisotopic (exact) mass is 541 g/mol. The number of nitrogens with zero attached hydrogens (tertiary/aromatic N) is 3. The molecule has 5 rings (SSSR count). The van der Waals surface area contributed by atoms with Crippen LogP contribution in [0.1, 0.15) is 12.8 Å². The number of nitrogens with one attached hydrogen (secondary N) is 1. The molecule has 2 amide bonds. The summed E-state index contributed by atoms with van der Waals surface area (Å²) in [5, 5.41) is 13.4. The zero-order valence-electron chi connectivity index (χ0n) is 19.8. The lowest BCUT2D eigenvalue weighted by molar-refractivity contribution is -0.124. The topological polar surface area (TPSA) is 121 Å². The number of benzene rings is 2. The van der Waals surface area contributed by atoms with Gasteiger partial charge in [0.05, 0.1) is 0 Å². The second kappa shape index (κ2) is 10.3. The van der Waals surface area contributed by atoms with Gasteiger partial charge in [-0.25, -0.2) is 13.8 Å². The van der Waals surface area contributed by atoms with Crippen LogP contribution in [0.4, 0.5) is 26.0 Å². The van der Waals surface area contributed by atoms with Crippen molar-refractivity contribution in [3.63, 3.8) is 0 Å². The molecule has 2 aromatic carbocycles. The second-order valence-corrected chi connectivity index (χ2v) is 9.27. The fourth-order valence-electron chi connectivity index (χ4n) is 3.92. The van der Waals surface area contributed by atoms with E-state index in [-0.39, 0.29) is 39.3 Å². The minimum atomic E-state index is -1.38. The largest absolute Gasteiger partial charge is 0.453 e. The van der Waals surface area contributed by atoms with E-state index in [2.05, 4.69) is 10.3 Å². The molecule has 0 radical (unpaired) electrons. The number of pyridine rings is 1. The molecule has 1 saturated carbocycles. The fourth-order valence-corrected chi connectivity index (χ4v) is 4.07. The molecule has 0 spiro atoms. The van der Waals surface area contributed by atoms with Gasteiger partial charge in [0.25, 0.3) is 11.8 Å². The molecule has 2 aliphatic rings. The van der Waals surface area contributed by atoms with E-state index in [1.807, 2.05) is 0 Å². The Balaban J connectivity index is 1.37.